The molecule has 0 fully saturated rings. The maximum absolute atomic E-state index is 11.5. The number of carboxylic acid groups (broad SMARTS) is 2. The Balaban J connectivity index is 4.21. The van der Waals surface area contributed by atoms with Crippen LogP contribution in [0, 0.1) is 0 Å². The molecule has 2 atom stereocenters. The van der Waals surface area contributed by atoms with Crippen LogP contribution in [-0.4, -0.2) is 63.5 Å². The largest absolute Gasteiger partial charge is 0.480 e. The highest BCUT2D eigenvalue weighted by Crippen LogP contribution is 1.98. The Labute approximate surface area is 119 Å². The van der Waals surface area contributed by atoms with E-state index in [1.165, 1.54) is 0 Å². The first kappa shape index (κ1) is 18.2. The van der Waals surface area contributed by atoms with Crippen LogP contribution in [-0.2, 0) is 19.2 Å². The highest BCUT2D eigenvalue weighted by atomic mass is 32.1. The molecule has 20 heavy (non-hydrogen) atoms. The van der Waals surface area contributed by atoms with Crippen LogP contribution >= 0.6 is 12.6 Å². The summed E-state index contributed by atoms with van der Waals surface area (Å²) in [6.45, 7) is -0.587. The topological polar surface area (TPSA) is 153 Å². The third kappa shape index (κ3) is 7.59. The van der Waals surface area contributed by atoms with Crippen molar-refractivity contribution in [1.29, 1.82) is 0 Å². The van der Waals surface area contributed by atoms with Crippen molar-refractivity contribution in [3.05, 3.63) is 0 Å². The van der Waals surface area contributed by atoms with Gasteiger partial charge in [0, 0.05) is 12.2 Å². The average molecular weight is 308 g/mol. The van der Waals surface area contributed by atoms with Crippen LogP contribution in [0.4, 0.5) is 0 Å². The van der Waals surface area contributed by atoms with Gasteiger partial charge in [-0.3, -0.25) is 14.4 Å². The zero-order valence-corrected chi connectivity index (χ0v) is 11.3. The van der Waals surface area contributed by atoms with Gasteiger partial charge in [-0.15, -0.1) is 0 Å². The highest BCUT2D eigenvalue weighted by Gasteiger charge is 2.21. The average Bonchev–Trinajstić information content (AvgIpc) is 2.38. The number of hydrogen-bond acceptors (Lipinski definition) is 6. The van der Waals surface area contributed by atoms with Crippen LogP contribution in [0.25, 0.3) is 0 Å². The molecule has 0 aromatic rings. The number of nitrogens with one attached hydrogen (secondary N) is 2. The van der Waals surface area contributed by atoms with Crippen molar-refractivity contribution in [2.45, 2.75) is 25.0 Å². The molecule has 0 heterocycles. The van der Waals surface area contributed by atoms with Crippen molar-refractivity contribution < 1.29 is 34.5 Å². The summed E-state index contributed by atoms with van der Waals surface area (Å²) in [5, 5.41) is 30.1. The van der Waals surface area contributed by atoms with E-state index >= 15 is 0 Å². The zero-order chi connectivity index (χ0) is 15.7. The fourth-order valence-corrected chi connectivity index (χ4v) is 1.39. The smallest absolute Gasteiger partial charge is 0.332 e. The second kappa shape index (κ2) is 9.15. The zero-order valence-electron chi connectivity index (χ0n) is 10.4. The van der Waals surface area contributed by atoms with Gasteiger partial charge in [-0.05, 0) is 6.42 Å². The van der Waals surface area contributed by atoms with E-state index in [1.807, 2.05) is 0 Å². The summed E-state index contributed by atoms with van der Waals surface area (Å²) in [4.78, 5) is 43.5. The van der Waals surface area contributed by atoms with Gasteiger partial charge in [-0.2, -0.15) is 12.6 Å². The first-order chi connectivity index (χ1) is 9.27. The van der Waals surface area contributed by atoms with Crippen LogP contribution in [0.1, 0.15) is 12.8 Å². The molecule has 114 valence electrons. The maximum Gasteiger partial charge on any atom is 0.332 e. The summed E-state index contributed by atoms with van der Waals surface area (Å²) in [6, 6.07) is -1.04. The van der Waals surface area contributed by atoms with Crippen LogP contribution in [0.5, 0.6) is 0 Å². The molecule has 2 amide bonds. The van der Waals surface area contributed by atoms with Gasteiger partial charge < -0.3 is 26.0 Å². The van der Waals surface area contributed by atoms with Gasteiger partial charge in [-0.1, -0.05) is 0 Å². The fourth-order valence-electron chi connectivity index (χ4n) is 1.14. The molecule has 0 radical (unpaired) electrons. The molecule has 0 aliphatic carbocycles. The number of aliphatic hydroxyl groups excluding tert-OH is 1. The van der Waals surface area contributed by atoms with Crippen molar-refractivity contribution in [2.24, 2.45) is 0 Å². The minimum absolute atomic E-state index is 0.0569. The standard InChI is InChI=1S/C10H16N2O7S/c13-6(10(18)19)1-2-7(14)12-5(4-20)9(17)11-3-8(15)16/h5-6,13,20H,1-4H2,(H,11,17)(H,12,14)(H,15,16)(H,18,19)/t5-,6-/m0/s1. The van der Waals surface area contributed by atoms with Gasteiger partial charge in [0.05, 0.1) is 0 Å². The number of hydrogen-bond donors (Lipinski definition) is 6. The minimum Gasteiger partial charge on any atom is -0.480 e. The molecular formula is C10H16N2O7S. The molecule has 0 unspecified atom stereocenters. The maximum atomic E-state index is 11.5. The summed E-state index contributed by atoms with van der Waals surface area (Å²) in [7, 11) is 0. The van der Waals surface area contributed by atoms with Gasteiger partial charge in [0.2, 0.25) is 11.8 Å². The number of amides is 2. The first-order valence-corrected chi connectivity index (χ1v) is 6.21. The lowest BCUT2D eigenvalue weighted by Crippen LogP contribution is -2.49. The van der Waals surface area contributed by atoms with Crippen LogP contribution in [0.2, 0.25) is 0 Å². The molecule has 0 aliphatic rings. The fraction of sp³-hybridized carbons (Fsp3) is 0.600. The number of aliphatic carboxylic acids is 2. The molecule has 0 spiro atoms. The van der Waals surface area contributed by atoms with Crippen molar-refractivity contribution in [3.8, 4) is 0 Å². The summed E-state index contributed by atoms with van der Waals surface area (Å²) in [6.07, 6.45) is -2.24. The van der Waals surface area contributed by atoms with Gasteiger partial charge in [0.1, 0.15) is 12.6 Å². The monoisotopic (exact) mass is 308 g/mol. The Bertz CT molecular complexity index is 388. The van der Waals surface area contributed by atoms with Gasteiger partial charge in [-0.25, -0.2) is 4.79 Å². The van der Waals surface area contributed by atoms with Crippen LogP contribution in [0.15, 0.2) is 0 Å². The van der Waals surface area contributed by atoms with E-state index < -0.39 is 42.4 Å². The van der Waals surface area contributed by atoms with Crippen LogP contribution < -0.4 is 10.6 Å². The van der Waals surface area contributed by atoms with E-state index in [1.54, 1.807) is 0 Å². The van der Waals surface area contributed by atoms with E-state index in [4.69, 9.17) is 15.3 Å². The lowest BCUT2D eigenvalue weighted by atomic mass is 10.2. The van der Waals surface area contributed by atoms with E-state index in [0.717, 1.165) is 0 Å². The normalized spacial score (nSPS) is 13.1. The molecule has 0 aromatic heterocycles. The SMILES string of the molecule is O=C(O)CNC(=O)[C@H](CS)NC(=O)CC[C@H](O)C(=O)O. The number of aliphatic hydroxyl groups is 1. The van der Waals surface area contributed by atoms with E-state index in [2.05, 4.69) is 23.3 Å². The quantitative estimate of drug-likeness (QED) is 0.265. The molecule has 9 nitrogen and oxygen atoms in total. The van der Waals surface area contributed by atoms with Crippen molar-refractivity contribution in [1.82, 2.24) is 10.6 Å². The predicted octanol–water partition coefficient (Wildman–Crippen LogP) is -2.17. The van der Waals surface area contributed by atoms with Gasteiger partial charge >= 0.3 is 11.9 Å². The molecule has 10 heteroatoms. The third-order valence-corrected chi connectivity index (χ3v) is 2.54. The highest BCUT2D eigenvalue weighted by molar-refractivity contribution is 7.80. The van der Waals surface area contributed by atoms with Gasteiger partial charge in [0.15, 0.2) is 6.10 Å². The summed E-state index contributed by atoms with van der Waals surface area (Å²) >= 11 is 3.85. The first-order valence-electron chi connectivity index (χ1n) is 5.58. The lowest BCUT2D eigenvalue weighted by Gasteiger charge is -2.16. The Kier molecular flexibility index (Phi) is 8.32. The number of carbonyl (C=O) groups is 4. The summed E-state index contributed by atoms with van der Waals surface area (Å²) in [5.74, 6) is -4.09. The molecule has 0 rings (SSSR count). The lowest BCUT2D eigenvalue weighted by molar-refractivity contribution is -0.147. The molecular weight excluding hydrogens is 292 g/mol. The Morgan fingerprint density at radius 1 is 1.15 bits per heavy atom. The molecule has 0 bridgehead atoms. The van der Waals surface area contributed by atoms with Crippen molar-refractivity contribution in [2.75, 3.05) is 12.3 Å². The molecule has 0 aromatic carbocycles. The molecule has 0 saturated heterocycles. The Morgan fingerprint density at radius 2 is 1.75 bits per heavy atom. The van der Waals surface area contributed by atoms with Crippen LogP contribution in [0.3, 0.4) is 0 Å². The van der Waals surface area contributed by atoms with E-state index in [9.17, 15) is 19.2 Å². The summed E-state index contributed by atoms with van der Waals surface area (Å²) in [5.41, 5.74) is 0. The van der Waals surface area contributed by atoms with Gasteiger partial charge in [0.25, 0.3) is 0 Å². The Hall–Kier alpha value is -1.81. The molecule has 5 N–H and O–H groups in total. The third-order valence-electron chi connectivity index (χ3n) is 2.18. The number of carboxylic acids is 2. The second-order valence-electron chi connectivity index (χ2n) is 3.81. The molecule has 0 aliphatic heterocycles. The predicted molar refractivity (Wildman–Crippen MR) is 69.3 cm³/mol. The summed E-state index contributed by atoms with van der Waals surface area (Å²) < 4.78 is 0. The minimum atomic E-state index is -1.66. The van der Waals surface area contributed by atoms with E-state index in [-0.39, 0.29) is 18.6 Å². The van der Waals surface area contributed by atoms with Crippen molar-refractivity contribution in [3.63, 3.8) is 0 Å². The van der Waals surface area contributed by atoms with E-state index in [0.29, 0.717) is 0 Å². The Morgan fingerprint density at radius 3 is 2.20 bits per heavy atom. The molecule has 0 saturated carbocycles. The number of carbonyl (C=O) groups excluding carboxylic acids is 2. The number of rotatable bonds is 9. The second-order valence-corrected chi connectivity index (χ2v) is 4.17. The number of thiol groups is 1. The van der Waals surface area contributed by atoms with Crippen molar-refractivity contribution >= 4 is 36.4 Å².